The van der Waals surface area contributed by atoms with Crippen LogP contribution in [-0.2, 0) is 10.0 Å². The SMILES string of the molecule is C=CCNS(=O)(=O)c1cccc2cc(C)cnc12. The predicted molar refractivity (Wildman–Crippen MR) is 71.9 cm³/mol. The van der Waals surface area contributed by atoms with Gasteiger partial charge in [-0.05, 0) is 24.6 Å². The number of rotatable bonds is 4. The second-order valence-electron chi connectivity index (χ2n) is 3.98. The molecule has 0 aliphatic rings. The molecule has 0 amide bonds. The molecule has 1 N–H and O–H groups in total. The Morgan fingerprint density at radius 3 is 2.94 bits per heavy atom. The van der Waals surface area contributed by atoms with Crippen molar-refractivity contribution in [2.24, 2.45) is 0 Å². The molecule has 4 nitrogen and oxygen atoms in total. The van der Waals surface area contributed by atoms with Gasteiger partial charge in [-0.3, -0.25) is 4.98 Å². The number of hydrogen-bond acceptors (Lipinski definition) is 3. The molecule has 0 spiro atoms. The number of sulfonamides is 1. The third-order valence-electron chi connectivity index (χ3n) is 2.52. The van der Waals surface area contributed by atoms with E-state index in [4.69, 9.17) is 0 Å². The highest BCUT2D eigenvalue weighted by Gasteiger charge is 2.16. The Morgan fingerprint density at radius 2 is 2.22 bits per heavy atom. The quantitative estimate of drug-likeness (QED) is 0.857. The summed E-state index contributed by atoms with van der Waals surface area (Å²) in [4.78, 5) is 4.41. The zero-order valence-electron chi connectivity index (χ0n) is 10.1. The van der Waals surface area contributed by atoms with Gasteiger partial charge in [-0.25, -0.2) is 13.1 Å². The fourth-order valence-corrected chi connectivity index (χ4v) is 2.88. The van der Waals surface area contributed by atoms with Crippen molar-refractivity contribution in [3.05, 3.63) is 48.7 Å². The summed E-state index contributed by atoms with van der Waals surface area (Å²) in [5.74, 6) is 0. The normalized spacial score (nSPS) is 11.6. The lowest BCUT2D eigenvalue weighted by atomic mass is 10.2. The van der Waals surface area contributed by atoms with Gasteiger partial charge in [0.1, 0.15) is 4.90 Å². The maximum Gasteiger partial charge on any atom is 0.243 e. The number of hydrogen-bond donors (Lipinski definition) is 1. The number of nitrogens with zero attached hydrogens (tertiary/aromatic N) is 1. The van der Waals surface area contributed by atoms with Gasteiger partial charge < -0.3 is 0 Å². The molecule has 5 heteroatoms. The molecule has 2 aromatic rings. The molecule has 1 aromatic heterocycles. The van der Waals surface area contributed by atoms with E-state index in [0.29, 0.717) is 5.52 Å². The van der Waals surface area contributed by atoms with Crippen molar-refractivity contribution >= 4 is 20.9 Å². The van der Waals surface area contributed by atoms with Crippen molar-refractivity contribution in [2.45, 2.75) is 11.8 Å². The maximum absolute atomic E-state index is 12.1. The van der Waals surface area contributed by atoms with E-state index in [1.165, 1.54) is 6.08 Å². The first-order valence-electron chi connectivity index (χ1n) is 5.50. The number of para-hydroxylation sites is 1. The smallest absolute Gasteiger partial charge is 0.243 e. The van der Waals surface area contributed by atoms with Crippen LogP contribution in [0.5, 0.6) is 0 Å². The lowest BCUT2D eigenvalue weighted by molar-refractivity contribution is 0.586. The third-order valence-corrected chi connectivity index (χ3v) is 3.97. The van der Waals surface area contributed by atoms with Crippen LogP contribution in [0.15, 0.2) is 48.0 Å². The Bertz CT molecular complexity index is 693. The summed E-state index contributed by atoms with van der Waals surface area (Å²) in [6.07, 6.45) is 3.16. The lowest BCUT2D eigenvalue weighted by Crippen LogP contribution is -2.24. The fraction of sp³-hybridized carbons (Fsp3) is 0.154. The van der Waals surface area contributed by atoms with E-state index in [9.17, 15) is 8.42 Å². The van der Waals surface area contributed by atoms with Crippen LogP contribution in [0.2, 0.25) is 0 Å². The minimum absolute atomic E-state index is 0.196. The number of pyridine rings is 1. The summed E-state index contributed by atoms with van der Waals surface area (Å²) in [7, 11) is -3.55. The average molecular weight is 262 g/mol. The van der Waals surface area contributed by atoms with Crippen LogP contribution >= 0.6 is 0 Å². The Balaban J connectivity index is 2.61. The average Bonchev–Trinajstić information content (AvgIpc) is 2.35. The largest absolute Gasteiger partial charge is 0.255 e. The van der Waals surface area contributed by atoms with Crippen molar-refractivity contribution in [2.75, 3.05) is 6.54 Å². The molecule has 0 aliphatic carbocycles. The molecule has 0 saturated heterocycles. The number of benzene rings is 1. The Hall–Kier alpha value is -1.72. The minimum Gasteiger partial charge on any atom is -0.255 e. The minimum atomic E-state index is -3.55. The van der Waals surface area contributed by atoms with Gasteiger partial charge in [0.15, 0.2) is 0 Å². The second-order valence-corrected chi connectivity index (χ2v) is 5.72. The topological polar surface area (TPSA) is 59.1 Å². The van der Waals surface area contributed by atoms with Crippen molar-refractivity contribution in [3.63, 3.8) is 0 Å². The van der Waals surface area contributed by atoms with E-state index >= 15 is 0 Å². The molecule has 0 fully saturated rings. The van der Waals surface area contributed by atoms with Gasteiger partial charge in [0.25, 0.3) is 0 Å². The molecule has 1 heterocycles. The van der Waals surface area contributed by atoms with Crippen LogP contribution in [0.1, 0.15) is 5.56 Å². The second kappa shape index (κ2) is 4.88. The van der Waals surface area contributed by atoms with Crippen molar-refractivity contribution < 1.29 is 8.42 Å². The van der Waals surface area contributed by atoms with Gasteiger partial charge in [0.2, 0.25) is 10.0 Å². The van der Waals surface area contributed by atoms with Gasteiger partial charge >= 0.3 is 0 Å². The van der Waals surface area contributed by atoms with E-state index in [2.05, 4.69) is 16.3 Å². The van der Waals surface area contributed by atoms with E-state index in [1.54, 1.807) is 18.3 Å². The molecule has 2 rings (SSSR count). The molecule has 0 atom stereocenters. The molecule has 0 aliphatic heterocycles. The maximum atomic E-state index is 12.1. The molecule has 0 bridgehead atoms. The molecule has 0 radical (unpaired) electrons. The van der Waals surface area contributed by atoms with Crippen molar-refractivity contribution in [1.82, 2.24) is 9.71 Å². The Morgan fingerprint density at radius 1 is 1.44 bits per heavy atom. The Kier molecular flexibility index (Phi) is 3.45. The summed E-state index contributed by atoms with van der Waals surface area (Å²) in [6.45, 7) is 5.61. The Labute approximate surface area is 106 Å². The molecule has 0 unspecified atom stereocenters. The third kappa shape index (κ3) is 2.42. The zero-order valence-corrected chi connectivity index (χ0v) is 10.9. The standard InChI is InChI=1S/C13H14N2O2S/c1-3-7-15-18(16,17)12-6-4-5-11-8-10(2)9-14-13(11)12/h3-6,8-9,15H,1,7H2,2H3. The van der Waals surface area contributed by atoms with Gasteiger partial charge in [0.05, 0.1) is 5.52 Å². The molecular formula is C13H14N2O2S. The molecule has 0 saturated carbocycles. The lowest BCUT2D eigenvalue weighted by Gasteiger charge is -2.07. The van der Waals surface area contributed by atoms with Crippen molar-refractivity contribution in [3.8, 4) is 0 Å². The van der Waals surface area contributed by atoms with Crippen molar-refractivity contribution in [1.29, 1.82) is 0 Å². The van der Waals surface area contributed by atoms with Gasteiger partial charge in [-0.15, -0.1) is 6.58 Å². The van der Waals surface area contributed by atoms with E-state index in [-0.39, 0.29) is 11.4 Å². The van der Waals surface area contributed by atoms with Crippen LogP contribution in [-0.4, -0.2) is 19.9 Å². The molecular weight excluding hydrogens is 248 g/mol. The first-order valence-corrected chi connectivity index (χ1v) is 6.99. The highest BCUT2D eigenvalue weighted by atomic mass is 32.2. The van der Waals surface area contributed by atoms with Gasteiger partial charge in [-0.1, -0.05) is 18.2 Å². The van der Waals surface area contributed by atoms with E-state index < -0.39 is 10.0 Å². The van der Waals surface area contributed by atoms with Crippen LogP contribution < -0.4 is 4.72 Å². The molecule has 1 aromatic carbocycles. The number of fused-ring (bicyclic) bond motifs is 1. The van der Waals surface area contributed by atoms with Crippen LogP contribution in [0.3, 0.4) is 0 Å². The first-order chi connectivity index (χ1) is 8.54. The van der Waals surface area contributed by atoms with E-state index in [0.717, 1.165) is 10.9 Å². The highest BCUT2D eigenvalue weighted by molar-refractivity contribution is 7.89. The molecule has 94 valence electrons. The number of aryl methyl sites for hydroxylation is 1. The van der Waals surface area contributed by atoms with Gasteiger partial charge in [0, 0.05) is 18.1 Å². The summed E-state index contributed by atoms with van der Waals surface area (Å²) in [6, 6.07) is 7.03. The summed E-state index contributed by atoms with van der Waals surface area (Å²) >= 11 is 0. The number of nitrogens with one attached hydrogen (secondary N) is 1. The predicted octanol–water partition coefficient (Wildman–Crippen LogP) is 2.01. The fourth-order valence-electron chi connectivity index (χ4n) is 1.71. The summed E-state index contributed by atoms with van der Waals surface area (Å²) in [5.41, 5.74) is 1.48. The van der Waals surface area contributed by atoms with E-state index in [1.807, 2.05) is 19.1 Å². The summed E-state index contributed by atoms with van der Waals surface area (Å²) in [5, 5.41) is 0.816. The molecule has 18 heavy (non-hydrogen) atoms. The highest BCUT2D eigenvalue weighted by Crippen LogP contribution is 2.21. The first kappa shape index (κ1) is 12.7. The van der Waals surface area contributed by atoms with Crippen LogP contribution in [0.4, 0.5) is 0 Å². The monoisotopic (exact) mass is 262 g/mol. The van der Waals surface area contributed by atoms with Crippen LogP contribution in [0, 0.1) is 6.92 Å². The number of aromatic nitrogens is 1. The summed E-state index contributed by atoms with van der Waals surface area (Å²) < 4.78 is 26.6. The van der Waals surface area contributed by atoms with Gasteiger partial charge in [-0.2, -0.15) is 0 Å². The van der Waals surface area contributed by atoms with Crippen LogP contribution in [0.25, 0.3) is 10.9 Å². The zero-order chi connectivity index (χ0) is 13.2.